The molecule has 0 saturated heterocycles. The largest absolute Gasteiger partial charge is 0.359 e. The molecular weight excluding hydrogens is 430 g/mol. The van der Waals surface area contributed by atoms with Gasteiger partial charge in [0.25, 0.3) is 5.91 Å². The number of nitrogens with one attached hydrogen (secondary N) is 3. The number of amides is 1. The smallest absolute Gasteiger partial charge is 0.254 e. The summed E-state index contributed by atoms with van der Waals surface area (Å²) < 4.78 is 1.50. The highest BCUT2D eigenvalue weighted by Crippen LogP contribution is 2.33. The first-order chi connectivity index (χ1) is 16.6. The second-order valence-electron chi connectivity index (χ2n) is 8.01. The Labute approximate surface area is 196 Å². The van der Waals surface area contributed by atoms with E-state index in [1.165, 1.54) is 10.9 Å². The molecular formula is C25H23N7O2. The molecule has 1 atom stereocenters. The lowest BCUT2D eigenvalue weighted by Gasteiger charge is -2.16. The van der Waals surface area contributed by atoms with E-state index in [2.05, 4.69) is 30.8 Å². The number of hydrogen-bond donors (Lipinski definition) is 3. The number of aromatic amines is 1. The average Bonchev–Trinajstić information content (AvgIpc) is 3.60. The topological polar surface area (TPSA) is 117 Å². The highest BCUT2D eigenvalue weighted by atomic mass is 16.2. The van der Waals surface area contributed by atoms with Crippen LogP contribution in [0.5, 0.6) is 0 Å². The van der Waals surface area contributed by atoms with E-state index in [0.717, 1.165) is 28.1 Å². The molecule has 9 nitrogen and oxygen atoms in total. The number of nitrogens with zero attached hydrogens (tertiary/aromatic N) is 4. The number of benzene rings is 1. The van der Waals surface area contributed by atoms with Gasteiger partial charge in [0.05, 0.1) is 11.4 Å². The summed E-state index contributed by atoms with van der Waals surface area (Å²) in [6.45, 7) is 2.01. The molecule has 9 heteroatoms. The van der Waals surface area contributed by atoms with E-state index in [1.54, 1.807) is 31.0 Å². The third-order valence-corrected chi connectivity index (χ3v) is 5.86. The third-order valence-electron chi connectivity index (χ3n) is 5.86. The summed E-state index contributed by atoms with van der Waals surface area (Å²) in [6.07, 6.45) is 12.5. The Morgan fingerprint density at radius 2 is 2.09 bits per heavy atom. The number of aromatic nitrogens is 3. The van der Waals surface area contributed by atoms with Gasteiger partial charge in [-0.3, -0.25) is 19.1 Å². The second-order valence-corrected chi connectivity index (χ2v) is 8.01. The monoisotopic (exact) mass is 453 g/mol. The third kappa shape index (κ3) is 4.11. The van der Waals surface area contributed by atoms with Gasteiger partial charge in [-0.15, -0.1) is 0 Å². The molecule has 170 valence electrons. The summed E-state index contributed by atoms with van der Waals surface area (Å²) in [4.78, 5) is 36.7. The Hall–Kier alpha value is -4.53. The predicted molar refractivity (Wildman–Crippen MR) is 130 cm³/mol. The number of imidazole rings is 1. The van der Waals surface area contributed by atoms with Crippen LogP contribution < -0.4 is 10.7 Å². The first kappa shape index (κ1) is 21.3. The van der Waals surface area contributed by atoms with Crippen molar-refractivity contribution < 1.29 is 9.59 Å². The van der Waals surface area contributed by atoms with E-state index in [4.69, 9.17) is 0 Å². The zero-order valence-corrected chi connectivity index (χ0v) is 18.5. The van der Waals surface area contributed by atoms with Gasteiger partial charge in [0, 0.05) is 54.4 Å². The number of hydrogen-bond acceptors (Lipinski definition) is 6. The Morgan fingerprint density at radius 3 is 2.82 bits per heavy atom. The van der Waals surface area contributed by atoms with Crippen LogP contribution in [0.25, 0.3) is 17.2 Å². The van der Waals surface area contributed by atoms with E-state index < -0.39 is 5.92 Å². The van der Waals surface area contributed by atoms with Gasteiger partial charge in [-0.05, 0) is 30.5 Å². The number of hydrazone groups is 1. The molecule has 5 rings (SSSR count). The number of rotatable bonds is 6. The minimum Gasteiger partial charge on any atom is -0.359 e. The van der Waals surface area contributed by atoms with E-state index in [9.17, 15) is 9.59 Å². The maximum atomic E-state index is 12.6. The van der Waals surface area contributed by atoms with Gasteiger partial charge in [0.15, 0.2) is 0 Å². The summed E-state index contributed by atoms with van der Waals surface area (Å²) in [5, 5.41) is 7.09. The number of aliphatic imine (C=N–C) groups is 1. The molecule has 1 unspecified atom stereocenters. The van der Waals surface area contributed by atoms with Crippen molar-refractivity contribution in [2.24, 2.45) is 16.0 Å². The Balaban J connectivity index is 1.53. The molecule has 0 aliphatic carbocycles. The number of carbonyl (C=O) groups is 2. The lowest BCUT2D eigenvalue weighted by Crippen LogP contribution is -2.32. The molecule has 34 heavy (non-hydrogen) atoms. The van der Waals surface area contributed by atoms with Gasteiger partial charge in [-0.2, -0.15) is 5.10 Å². The maximum absolute atomic E-state index is 12.6. The Bertz CT molecular complexity index is 1350. The van der Waals surface area contributed by atoms with Gasteiger partial charge in [0.2, 0.25) is 5.91 Å². The summed E-state index contributed by atoms with van der Waals surface area (Å²) in [5.41, 5.74) is 8.73. The summed E-state index contributed by atoms with van der Waals surface area (Å²) in [7, 11) is 0. The van der Waals surface area contributed by atoms with Crippen molar-refractivity contribution >= 4 is 29.8 Å². The number of aryl methyl sites for hydroxylation is 1. The van der Waals surface area contributed by atoms with Crippen LogP contribution in [-0.4, -0.2) is 38.3 Å². The summed E-state index contributed by atoms with van der Waals surface area (Å²) in [5.74, 6) is -0.796. The zero-order valence-electron chi connectivity index (χ0n) is 18.5. The van der Waals surface area contributed by atoms with Crippen LogP contribution in [0.1, 0.15) is 28.2 Å². The van der Waals surface area contributed by atoms with Crippen molar-refractivity contribution in [1.29, 1.82) is 0 Å². The van der Waals surface area contributed by atoms with E-state index in [-0.39, 0.29) is 11.8 Å². The molecule has 0 radical (unpaired) electrons. The molecule has 0 saturated carbocycles. The predicted octanol–water partition coefficient (Wildman–Crippen LogP) is 3.05. The van der Waals surface area contributed by atoms with Gasteiger partial charge >= 0.3 is 0 Å². The second kappa shape index (κ2) is 9.14. The van der Waals surface area contributed by atoms with Crippen LogP contribution in [0.15, 0.2) is 77.2 Å². The van der Waals surface area contributed by atoms with E-state index in [0.29, 0.717) is 24.3 Å². The molecule has 0 fully saturated rings. The van der Waals surface area contributed by atoms with Gasteiger partial charge in [-0.1, -0.05) is 30.3 Å². The first-order valence-electron chi connectivity index (χ1n) is 10.9. The molecule has 0 bridgehead atoms. The number of H-pyrrole nitrogens is 1. The van der Waals surface area contributed by atoms with Crippen molar-refractivity contribution in [3.63, 3.8) is 0 Å². The zero-order chi connectivity index (χ0) is 23.5. The molecule has 4 heterocycles. The van der Waals surface area contributed by atoms with Crippen LogP contribution >= 0.6 is 0 Å². The first-order valence-corrected chi connectivity index (χ1v) is 10.9. The maximum Gasteiger partial charge on any atom is 0.254 e. The van der Waals surface area contributed by atoms with E-state index >= 15 is 0 Å². The lowest BCUT2D eigenvalue weighted by atomic mass is 9.95. The Morgan fingerprint density at radius 1 is 1.24 bits per heavy atom. The van der Waals surface area contributed by atoms with Crippen LogP contribution in [0.2, 0.25) is 0 Å². The summed E-state index contributed by atoms with van der Waals surface area (Å²) >= 11 is 0. The van der Waals surface area contributed by atoms with Crippen LogP contribution in [0.4, 0.5) is 0 Å². The van der Waals surface area contributed by atoms with Crippen molar-refractivity contribution in [3.8, 4) is 11.1 Å². The normalized spacial score (nSPS) is 18.1. The van der Waals surface area contributed by atoms with Gasteiger partial charge in [-0.25, -0.2) is 10.4 Å². The SMILES string of the molecule is Cc1[nH]c(C=C2NC=CN=C2C2C=NNC2=O)c(-c2ccccc2)c1CCC(=O)n1ccnc1. The van der Waals surface area contributed by atoms with Gasteiger partial charge < -0.3 is 10.3 Å². The number of allylic oxidation sites excluding steroid dienone is 1. The molecule has 1 aromatic carbocycles. The average molecular weight is 454 g/mol. The van der Waals surface area contributed by atoms with Gasteiger partial charge in [0.1, 0.15) is 12.2 Å². The fourth-order valence-corrected chi connectivity index (χ4v) is 4.22. The molecule has 2 aliphatic heterocycles. The van der Waals surface area contributed by atoms with Crippen molar-refractivity contribution in [1.82, 2.24) is 25.3 Å². The van der Waals surface area contributed by atoms with Crippen molar-refractivity contribution in [3.05, 3.63) is 84.1 Å². The minimum absolute atomic E-state index is 0.0166. The van der Waals surface area contributed by atoms with Crippen molar-refractivity contribution in [2.45, 2.75) is 19.8 Å². The fourth-order valence-electron chi connectivity index (χ4n) is 4.22. The van der Waals surface area contributed by atoms with Crippen LogP contribution in [0, 0.1) is 12.8 Å². The molecule has 2 aromatic heterocycles. The Kier molecular flexibility index (Phi) is 5.73. The standard InChI is InChI=1S/C25H23N7O2/c1-16-18(7-8-22(33)32-12-11-26-15-32)23(17-5-3-2-4-6-17)20(30-16)13-21-24(28-10-9-27-21)19-14-29-31-25(19)34/h2-6,9-15,19,27,30H,7-8H2,1H3,(H,31,34). The lowest BCUT2D eigenvalue weighted by molar-refractivity contribution is -0.120. The molecule has 3 aromatic rings. The number of carbonyl (C=O) groups excluding carboxylic acids is 2. The van der Waals surface area contributed by atoms with E-state index in [1.807, 2.05) is 43.3 Å². The fraction of sp³-hybridized carbons (Fsp3) is 0.160. The summed E-state index contributed by atoms with van der Waals surface area (Å²) in [6, 6.07) is 10.0. The minimum atomic E-state index is -0.563. The van der Waals surface area contributed by atoms with Crippen LogP contribution in [-0.2, 0) is 11.2 Å². The molecule has 0 spiro atoms. The quantitative estimate of drug-likeness (QED) is 0.532. The molecule has 1 amide bonds. The van der Waals surface area contributed by atoms with Crippen molar-refractivity contribution in [2.75, 3.05) is 0 Å². The molecule has 2 aliphatic rings. The highest BCUT2D eigenvalue weighted by molar-refractivity contribution is 6.24. The highest BCUT2D eigenvalue weighted by Gasteiger charge is 2.30. The molecule has 3 N–H and O–H groups in total. The van der Waals surface area contributed by atoms with Crippen LogP contribution in [0.3, 0.4) is 0 Å².